The van der Waals surface area contributed by atoms with Crippen LogP contribution in [0.3, 0.4) is 0 Å². The zero-order valence-corrected chi connectivity index (χ0v) is 14.9. The van der Waals surface area contributed by atoms with E-state index in [0.29, 0.717) is 17.3 Å². The minimum atomic E-state index is -0.874. The molecule has 0 saturated heterocycles. The summed E-state index contributed by atoms with van der Waals surface area (Å²) in [6, 6.07) is 5.31. The first-order valence-corrected chi connectivity index (χ1v) is 9.28. The number of phenolic OH excluding ortho intramolecular Hbond substituents is 1. The van der Waals surface area contributed by atoms with Gasteiger partial charge in [-0.3, -0.25) is 4.40 Å². The molecule has 1 aliphatic rings. The second-order valence-electron chi connectivity index (χ2n) is 6.69. The summed E-state index contributed by atoms with van der Waals surface area (Å²) in [5.41, 5.74) is 2.80. The molecule has 8 heteroatoms. The van der Waals surface area contributed by atoms with E-state index < -0.39 is 6.10 Å². The topological polar surface area (TPSA) is 88.5 Å². The summed E-state index contributed by atoms with van der Waals surface area (Å²) in [5.74, 6) is 0.725. The highest BCUT2D eigenvalue weighted by Gasteiger charge is 2.33. The third-order valence-electron chi connectivity index (χ3n) is 4.79. The minimum Gasteiger partial charge on any atom is -0.508 e. The molecule has 1 fully saturated rings. The number of nitrogens with zero attached hydrogens (tertiary/aromatic N) is 5. The third-order valence-corrected chi connectivity index (χ3v) is 6.06. The molecule has 1 saturated carbocycles. The normalized spacial score (nSPS) is 15.6. The Kier molecular flexibility index (Phi) is 3.38. The van der Waals surface area contributed by atoms with Crippen LogP contribution in [0, 0.1) is 6.92 Å². The van der Waals surface area contributed by atoms with E-state index in [4.69, 9.17) is 0 Å². The molecule has 1 aliphatic carbocycles. The molecular formula is C18H17N5O2S. The molecule has 5 rings (SSSR count). The molecule has 0 aliphatic heterocycles. The van der Waals surface area contributed by atoms with Gasteiger partial charge in [0.25, 0.3) is 0 Å². The number of aliphatic hydroxyl groups is 1. The lowest BCUT2D eigenvalue weighted by Crippen LogP contribution is -2.06. The SMILES string of the molecule is Cc1ccc(-n2cc(C(O)c3c(C4CC4)sc4cncn34)nn2)cc1O. The fraction of sp³-hybridized carbons (Fsp3) is 0.278. The van der Waals surface area contributed by atoms with Crippen molar-refractivity contribution < 1.29 is 10.2 Å². The first-order chi connectivity index (χ1) is 12.6. The summed E-state index contributed by atoms with van der Waals surface area (Å²) in [6.07, 6.45) is 6.70. The van der Waals surface area contributed by atoms with Crippen LogP contribution >= 0.6 is 11.3 Å². The molecule has 1 aromatic carbocycles. The number of fused-ring (bicyclic) bond motifs is 1. The summed E-state index contributed by atoms with van der Waals surface area (Å²) in [5, 5.41) is 29.2. The number of hydrogen-bond donors (Lipinski definition) is 2. The van der Waals surface area contributed by atoms with Gasteiger partial charge in [-0.15, -0.1) is 16.4 Å². The van der Waals surface area contributed by atoms with Crippen LogP contribution in [0.1, 0.15) is 46.7 Å². The van der Waals surface area contributed by atoms with Gasteiger partial charge in [-0.05, 0) is 37.3 Å². The average Bonchev–Trinajstić information content (AvgIpc) is 3.06. The third kappa shape index (κ3) is 2.41. The molecule has 1 atom stereocenters. The van der Waals surface area contributed by atoms with Gasteiger partial charge in [0.05, 0.1) is 23.8 Å². The van der Waals surface area contributed by atoms with Crippen LogP contribution in [0.5, 0.6) is 5.75 Å². The number of rotatable bonds is 4. The maximum Gasteiger partial charge on any atom is 0.141 e. The highest BCUT2D eigenvalue weighted by atomic mass is 32.1. The molecule has 1 unspecified atom stereocenters. The van der Waals surface area contributed by atoms with Gasteiger partial charge in [0.1, 0.15) is 28.7 Å². The molecule has 3 heterocycles. The predicted octanol–water partition coefficient (Wildman–Crippen LogP) is 2.95. The van der Waals surface area contributed by atoms with Crippen molar-refractivity contribution in [3.63, 3.8) is 0 Å². The Morgan fingerprint density at radius 2 is 2.15 bits per heavy atom. The first-order valence-electron chi connectivity index (χ1n) is 8.47. The zero-order chi connectivity index (χ0) is 17.8. The van der Waals surface area contributed by atoms with E-state index in [9.17, 15) is 10.2 Å². The van der Waals surface area contributed by atoms with Crippen LogP contribution in [0.15, 0.2) is 36.9 Å². The number of aromatic hydroxyl groups is 1. The molecule has 0 spiro atoms. The maximum atomic E-state index is 11.0. The Morgan fingerprint density at radius 1 is 1.31 bits per heavy atom. The fourth-order valence-corrected chi connectivity index (χ4v) is 4.44. The number of aryl methyl sites for hydroxylation is 1. The molecule has 0 amide bonds. The second-order valence-corrected chi connectivity index (χ2v) is 7.75. The van der Waals surface area contributed by atoms with Crippen LogP contribution in [0.4, 0.5) is 0 Å². The van der Waals surface area contributed by atoms with E-state index in [-0.39, 0.29) is 5.75 Å². The maximum absolute atomic E-state index is 11.0. The highest BCUT2D eigenvalue weighted by molar-refractivity contribution is 7.17. The summed E-state index contributed by atoms with van der Waals surface area (Å²) >= 11 is 1.68. The van der Waals surface area contributed by atoms with Crippen molar-refractivity contribution in [3.8, 4) is 11.4 Å². The van der Waals surface area contributed by atoms with Gasteiger partial charge in [-0.25, -0.2) is 9.67 Å². The largest absolute Gasteiger partial charge is 0.508 e. The number of aromatic nitrogens is 5. The van der Waals surface area contributed by atoms with Crippen LogP contribution < -0.4 is 0 Å². The van der Waals surface area contributed by atoms with Gasteiger partial charge >= 0.3 is 0 Å². The lowest BCUT2D eigenvalue weighted by molar-refractivity contribution is 0.208. The average molecular weight is 367 g/mol. The number of phenols is 1. The molecule has 132 valence electrons. The van der Waals surface area contributed by atoms with Crippen LogP contribution in [-0.2, 0) is 0 Å². The van der Waals surface area contributed by atoms with E-state index in [1.807, 2.05) is 29.7 Å². The molecular weight excluding hydrogens is 350 g/mol. The quantitative estimate of drug-likeness (QED) is 0.579. The standard InChI is InChI=1S/C18H17N5O2S/c1-10-2-5-12(6-14(10)24)23-8-13(20-21-23)17(25)16-18(11-3-4-11)26-15-7-19-9-22(15)16/h2,5-9,11,17,24-25H,3-4H2,1H3. The van der Waals surface area contributed by atoms with Crippen molar-refractivity contribution in [1.82, 2.24) is 24.4 Å². The van der Waals surface area contributed by atoms with E-state index in [1.165, 1.54) is 4.88 Å². The van der Waals surface area contributed by atoms with Crippen LogP contribution in [0.2, 0.25) is 0 Å². The lowest BCUT2D eigenvalue weighted by Gasteiger charge is -2.09. The monoisotopic (exact) mass is 367 g/mol. The Bertz CT molecular complexity index is 1110. The summed E-state index contributed by atoms with van der Waals surface area (Å²) in [7, 11) is 0. The number of benzene rings is 1. The van der Waals surface area contributed by atoms with Crippen molar-refractivity contribution in [2.45, 2.75) is 31.8 Å². The van der Waals surface area contributed by atoms with Gasteiger partial charge < -0.3 is 10.2 Å². The van der Waals surface area contributed by atoms with Gasteiger partial charge in [0.15, 0.2) is 0 Å². The van der Waals surface area contributed by atoms with Crippen LogP contribution in [0.25, 0.3) is 10.5 Å². The highest BCUT2D eigenvalue weighted by Crippen LogP contribution is 2.47. The molecule has 26 heavy (non-hydrogen) atoms. The molecule has 0 radical (unpaired) electrons. The Morgan fingerprint density at radius 3 is 2.92 bits per heavy atom. The molecule has 7 nitrogen and oxygen atoms in total. The van der Waals surface area contributed by atoms with Crippen molar-refractivity contribution in [1.29, 1.82) is 0 Å². The summed E-state index contributed by atoms with van der Waals surface area (Å²) in [6.45, 7) is 1.84. The molecule has 3 aromatic heterocycles. The van der Waals surface area contributed by atoms with Crippen LogP contribution in [-0.4, -0.2) is 34.6 Å². The Hall–Kier alpha value is -2.71. The van der Waals surface area contributed by atoms with Gasteiger partial charge in [-0.1, -0.05) is 11.3 Å². The summed E-state index contributed by atoms with van der Waals surface area (Å²) in [4.78, 5) is 6.41. The van der Waals surface area contributed by atoms with E-state index in [1.54, 1.807) is 34.6 Å². The van der Waals surface area contributed by atoms with E-state index in [2.05, 4.69) is 15.3 Å². The second kappa shape index (κ2) is 5.65. The fourth-order valence-electron chi connectivity index (χ4n) is 3.14. The molecule has 2 N–H and O–H groups in total. The Balaban J connectivity index is 1.55. The first kappa shape index (κ1) is 15.5. The number of imidazole rings is 1. The molecule has 0 bridgehead atoms. The lowest BCUT2D eigenvalue weighted by atomic mass is 10.1. The van der Waals surface area contributed by atoms with Crippen molar-refractivity contribution >= 4 is 16.2 Å². The Labute approximate surface area is 153 Å². The van der Waals surface area contributed by atoms with Gasteiger partial charge in [0, 0.05) is 10.9 Å². The van der Waals surface area contributed by atoms with Gasteiger partial charge in [0.2, 0.25) is 0 Å². The number of aliphatic hydroxyl groups excluding tert-OH is 1. The van der Waals surface area contributed by atoms with Crippen molar-refractivity contribution in [2.24, 2.45) is 0 Å². The van der Waals surface area contributed by atoms with Gasteiger partial charge in [-0.2, -0.15) is 0 Å². The minimum absolute atomic E-state index is 0.203. The van der Waals surface area contributed by atoms with E-state index in [0.717, 1.165) is 28.9 Å². The number of hydrogen-bond acceptors (Lipinski definition) is 6. The smallest absolute Gasteiger partial charge is 0.141 e. The number of thiazole rings is 1. The van der Waals surface area contributed by atoms with E-state index >= 15 is 0 Å². The van der Waals surface area contributed by atoms with Crippen molar-refractivity contribution in [3.05, 3.63) is 58.7 Å². The van der Waals surface area contributed by atoms with Crippen molar-refractivity contribution in [2.75, 3.05) is 0 Å². The zero-order valence-electron chi connectivity index (χ0n) is 14.1. The predicted molar refractivity (Wildman–Crippen MR) is 96.9 cm³/mol. The molecule has 4 aromatic rings. The summed E-state index contributed by atoms with van der Waals surface area (Å²) < 4.78 is 3.51.